The number of hydrogen-bond acceptors (Lipinski definition) is 5. The fourth-order valence-electron chi connectivity index (χ4n) is 2.19. The third kappa shape index (κ3) is 2.81. The largest absolute Gasteiger partial charge is 0.493 e. The molecule has 0 unspecified atom stereocenters. The second kappa shape index (κ2) is 5.83. The summed E-state index contributed by atoms with van der Waals surface area (Å²) < 4.78 is 16.6. The van der Waals surface area contributed by atoms with Crippen LogP contribution in [0.25, 0.3) is 11.6 Å². The quantitative estimate of drug-likeness (QED) is 0.867. The van der Waals surface area contributed by atoms with Gasteiger partial charge in [0.2, 0.25) is 5.75 Å². The molecule has 5 nitrogen and oxygen atoms in total. The fourth-order valence-corrected chi connectivity index (χ4v) is 2.19. The van der Waals surface area contributed by atoms with E-state index in [9.17, 15) is 0 Å². The van der Waals surface area contributed by atoms with Gasteiger partial charge >= 0.3 is 0 Å². The molecule has 21 heavy (non-hydrogen) atoms. The molecule has 1 aliphatic heterocycles. The lowest BCUT2D eigenvalue weighted by Gasteiger charge is -2.21. The number of ether oxygens (including phenoxy) is 3. The molecule has 0 aliphatic carbocycles. The predicted molar refractivity (Wildman–Crippen MR) is 79.6 cm³/mol. The van der Waals surface area contributed by atoms with Crippen molar-refractivity contribution in [1.82, 2.24) is 9.97 Å². The Balaban J connectivity index is 1.99. The lowest BCUT2D eigenvalue weighted by atomic mass is 10.1. The average Bonchev–Trinajstić information content (AvgIpc) is 2.55. The van der Waals surface area contributed by atoms with Crippen molar-refractivity contribution in [3.05, 3.63) is 42.0 Å². The van der Waals surface area contributed by atoms with E-state index in [0.29, 0.717) is 36.3 Å². The van der Waals surface area contributed by atoms with Crippen molar-refractivity contribution in [1.29, 1.82) is 0 Å². The Morgan fingerprint density at radius 1 is 1.19 bits per heavy atom. The van der Waals surface area contributed by atoms with Crippen molar-refractivity contribution >= 4 is 11.6 Å². The van der Waals surface area contributed by atoms with Crippen LogP contribution in [0, 0.1) is 0 Å². The first-order valence-corrected chi connectivity index (χ1v) is 6.71. The molecular formula is C16H16N2O3. The van der Waals surface area contributed by atoms with Gasteiger partial charge in [0, 0.05) is 12.4 Å². The number of benzene rings is 1. The summed E-state index contributed by atoms with van der Waals surface area (Å²) in [6, 6.07) is 5.65. The van der Waals surface area contributed by atoms with Gasteiger partial charge in [0.05, 0.1) is 7.11 Å². The molecule has 2 aromatic rings. The average molecular weight is 284 g/mol. The summed E-state index contributed by atoms with van der Waals surface area (Å²) in [6.07, 6.45) is 5.45. The summed E-state index contributed by atoms with van der Waals surface area (Å²) in [5.41, 5.74) is 1.93. The van der Waals surface area contributed by atoms with Crippen LogP contribution < -0.4 is 14.2 Å². The molecule has 1 aromatic carbocycles. The molecule has 0 atom stereocenters. The molecule has 1 aromatic heterocycles. The summed E-state index contributed by atoms with van der Waals surface area (Å²) in [5, 5.41) is 0. The number of rotatable bonds is 3. The lowest BCUT2D eigenvalue weighted by molar-refractivity contribution is 0.165. The molecule has 0 amide bonds. The van der Waals surface area contributed by atoms with Crippen LogP contribution >= 0.6 is 0 Å². The van der Waals surface area contributed by atoms with Crippen molar-refractivity contribution in [2.45, 2.75) is 6.92 Å². The van der Waals surface area contributed by atoms with Gasteiger partial charge in [-0.25, -0.2) is 9.97 Å². The molecule has 0 saturated heterocycles. The maximum Gasteiger partial charge on any atom is 0.203 e. The highest BCUT2D eigenvalue weighted by molar-refractivity contribution is 5.78. The smallest absolute Gasteiger partial charge is 0.203 e. The Hall–Kier alpha value is -2.56. The molecule has 5 heteroatoms. The zero-order chi connectivity index (χ0) is 14.7. The van der Waals surface area contributed by atoms with Gasteiger partial charge in [0.15, 0.2) is 17.3 Å². The van der Waals surface area contributed by atoms with Crippen molar-refractivity contribution < 1.29 is 14.2 Å². The van der Waals surface area contributed by atoms with Gasteiger partial charge in [0.1, 0.15) is 13.2 Å². The van der Waals surface area contributed by atoms with Crippen LogP contribution in [0.4, 0.5) is 0 Å². The van der Waals surface area contributed by atoms with Gasteiger partial charge < -0.3 is 14.2 Å². The summed E-state index contributed by atoms with van der Waals surface area (Å²) >= 11 is 0. The van der Waals surface area contributed by atoms with Crippen molar-refractivity contribution in [2.24, 2.45) is 0 Å². The SMILES string of the molecule is COc1cc(C=C(C)c2ncccn2)cc2c1OCCO2. The van der Waals surface area contributed by atoms with E-state index in [1.807, 2.05) is 25.1 Å². The Morgan fingerprint density at radius 3 is 2.71 bits per heavy atom. The van der Waals surface area contributed by atoms with Gasteiger partial charge in [-0.1, -0.05) is 0 Å². The number of hydrogen-bond donors (Lipinski definition) is 0. The van der Waals surface area contributed by atoms with Crippen LogP contribution in [-0.4, -0.2) is 30.3 Å². The van der Waals surface area contributed by atoms with Gasteiger partial charge in [-0.15, -0.1) is 0 Å². The Morgan fingerprint density at radius 2 is 1.95 bits per heavy atom. The Labute approximate surface area is 123 Å². The molecule has 0 N–H and O–H groups in total. The molecule has 0 saturated carbocycles. The number of methoxy groups -OCH3 is 1. The third-order valence-corrected chi connectivity index (χ3v) is 3.15. The molecular weight excluding hydrogens is 268 g/mol. The minimum atomic E-state index is 0.537. The highest BCUT2D eigenvalue weighted by Crippen LogP contribution is 2.41. The molecule has 0 radical (unpaired) electrons. The third-order valence-electron chi connectivity index (χ3n) is 3.15. The summed E-state index contributed by atoms with van der Waals surface area (Å²) in [5.74, 6) is 2.73. The van der Waals surface area contributed by atoms with Crippen LogP contribution in [0.2, 0.25) is 0 Å². The van der Waals surface area contributed by atoms with E-state index < -0.39 is 0 Å². The first-order valence-electron chi connectivity index (χ1n) is 6.71. The second-order valence-electron chi connectivity index (χ2n) is 4.65. The highest BCUT2D eigenvalue weighted by atomic mass is 16.6. The second-order valence-corrected chi connectivity index (χ2v) is 4.65. The monoisotopic (exact) mass is 284 g/mol. The predicted octanol–water partition coefficient (Wildman–Crippen LogP) is 2.82. The van der Waals surface area contributed by atoms with Crippen LogP contribution in [0.1, 0.15) is 18.3 Å². The summed E-state index contributed by atoms with van der Waals surface area (Å²) in [7, 11) is 1.62. The molecule has 0 fully saturated rings. The van der Waals surface area contributed by atoms with E-state index in [0.717, 1.165) is 11.1 Å². The number of fused-ring (bicyclic) bond motifs is 1. The molecule has 0 bridgehead atoms. The summed E-state index contributed by atoms with van der Waals surface area (Å²) in [4.78, 5) is 8.48. The van der Waals surface area contributed by atoms with E-state index in [4.69, 9.17) is 14.2 Å². The van der Waals surface area contributed by atoms with Crippen molar-refractivity contribution in [2.75, 3.05) is 20.3 Å². The minimum absolute atomic E-state index is 0.537. The van der Waals surface area contributed by atoms with E-state index in [1.165, 1.54) is 0 Å². The van der Waals surface area contributed by atoms with Crippen molar-refractivity contribution in [3.8, 4) is 17.2 Å². The molecule has 0 spiro atoms. The van der Waals surface area contributed by atoms with Gasteiger partial charge in [0.25, 0.3) is 0 Å². The van der Waals surface area contributed by atoms with Gasteiger partial charge in [-0.05, 0) is 42.3 Å². The minimum Gasteiger partial charge on any atom is -0.493 e. The first kappa shape index (κ1) is 13.4. The zero-order valence-electron chi connectivity index (χ0n) is 12.0. The van der Waals surface area contributed by atoms with E-state index in [1.54, 1.807) is 25.6 Å². The molecule has 3 rings (SSSR count). The van der Waals surface area contributed by atoms with Crippen LogP contribution in [0.5, 0.6) is 17.2 Å². The first-order chi connectivity index (χ1) is 10.3. The zero-order valence-corrected chi connectivity index (χ0v) is 12.0. The number of allylic oxidation sites excluding steroid dienone is 1. The molecule has 1 aliphatic rings. The molecule has 2 heterocycles. The Kier molecular flexibility index (Phi) is 3.73. The van der Waals surface area contributed by atoms with E-state index in [-0.39, 0.29) is 0 Å². The topological polar surface area (TPSA) is 53.5 Å². The standard InChI is InChI=1S/C16H16N2O3/c1-11(16-17-4-3-5-18-16)8-12-9-13(19-2)15-14(10-12)20-6-7-21-15/h3-5,8-10H,6-7H2,1-2H3. The molecule has 108 valence electrons. The van der Waals surface area contributed by atoms with E-state index >= 15 is 0 Å². The number of nitrogens with zero attached hydrogens (tertiary/aromatic N) is 2. The lowest BCUT2D eigenvalue weighted by Crippen LogP contribution is -2.16. The van der Waals surface area contributed by atoms with Crippen molar-refractivity contribution in [3.63, 3.8) is 0 Å². The summed E-state index contributed by atoms with van der Waals surface area (Å²) in [6.45, 7) is 3.05. The fraction of sp³-hybridized carbons (Fsp3) is 0.250. The maximum atomic E-state index is 5.63. The van der Waals surface area contributed by atoms with Gasteiger partial charge in [-0.2, -0.15) is 0 Å². The van der Waals surface area contributed by atoms with Crippen LogP contribution in [0.15, 0.2) is 30.6 Å². The normalized spacial score (nSPS) is 13.9. The van der Waals surface area contributed by atoms with Crippen LogP contribution in [-0.2, 0) is 0 Å². The van der Waals surface area contributed by atoms with E-state index in [2.05, 4.69) is 9.97 Å². The highest BCUT2D eigenvalue weighted by Gasteiger charge is 2.18. The Bertz CT molecular complexity index is 651. The maximum absolute atomic E-state index is 5.63. The van der Waals surface area contributed by atoms with Crippen LogP contribution in [0.3, 0.4) is 0 Å². The van der Waals surface area contributed by atoms with Gasteiger partial charge in [-0.3, -0.25) is 0 Å². The number of aromatic nitrogens is 2.